The zero-order chi connectivity index (χ0) is 21.4. The molecule has 2 aromatic heterocycles. The van der Waals surface area contributed by atoms with Crippen LogP contribution >= 0.6 is 54.5 Å². The minimum Gasteiger partial charge on any atom is -0.748 e. The fourth-order valence-electron chi connectivity index (χ4n) is 3.99. The Labute approximate surface area is 293 Å². The van der Waals surface area contributed by atoms with Gasteiger partial charge < -0.3 is 9.11 Å². The van der Waals surface area contributed by atoms with Gasteiger partial charge in [0, 0.05) is 26.7 Å². The molecule has 0 spiro atoms. The average molecular weight is 685 g/mol. The SMILES string of the molecule is O=S(=O)([O-])CCCCC1(CCCCS(=O)(=O)[O-])c2cc(Br)sc2-c2sc(Br)cc21.[K+].[K+]. The van der Waals surface area contributed by atoms with Gasteiger partial charge in [0.25, 0.3) is 0 Å². The molecule has 6 nitrogen and oxygen atoms in total. The van der Waals surface area contributed by atoms with Gasteiger partial charge in [-0.05, 0) is 80.8 Å². The van der Waals surface area contributed by atoms with E-state index in [4.69, 9.17) is 0 Å². The van der Waals surface area contributed by atoms with E-state index in [0.717, 1.165) is 28.5 Å². The summed E-state index contributed by atoms with van der Waals surface area (Å²) in [7, 11) is -8.50. The maximum absolute atomic E-state index is 11.0. The number of hydrogen-bond acceptors (Lipinski definition) is 8. The first kappa shape index (κ1) is 32.5. The maximum Gasteiger partial charge on any atom is 1.00 e. The van der Waals surface area contributed by atoms with Crippen LogP contribution in [0.5, 0.6) is 0 Å². The summed E-state index contributed by atoms with van der Waals surface area (Å²) >= 11 is 10.4. The second-order valence-corrected chi connectivity index (χ2v) is 15.0. The Morgan fingerprint density at radius 2 is 1.10 bits per heavy atom. The van der Waals surface area contributed by atoms with Crippen LogP contribution in [0.3, 0.4) is 0 Å². The Balaban J connectivity index is 0.00000240. The molecule has 1 aliphatic rings. The molecule has 0 aliphatic heterocycles. The third kappa shape index (κ3) is 8.76. The van der Waals surface area contributed by atoms with Gasteiger partial charge in [0.1, 0.15) is 0 Å². The van der Waals surface area contributed by atoms with E-state index in [9.17, 15) is 25.9 Å². The fourth-order valence-corrected chi connectivity index (χ4v) is 8.66. The van der Waals surface area contributed by atoms with Crippen LogP contribution in [0, 0.1) is 0 Å². The van der Waals surface area contributed by atoms with E-state index in [-0.39, 0.29) is 121 Å². The molecular weight excluding hydrogens is 666 g/mol. The first-order valence-electron chi connectivity index (χ1n) is 8.88. The van der Waals surface area contributed by atoms with Crippen LogP contribution in [0.15, 0.2) is 19.7 Å². The quantitative estimate of drug-likeness (QED) is 0.181. The average Bonchev–Trinajstić information content (AvgIpc) is 3.19. The van der Waals surface area contributed by atoms with E-state index in [2.05, 4.69) is 44.0 Å². The van der Waals surface area contributed by atoms with E-state index < -0.39 is 31.7 Å². The van der Waals surface area contributed by atoms with Crippen molar-refractivity contribution in [2.75, 3.05) is 11.5 Å². The molecule has 31 heavy (non-hydrogen) atoms. The topological polar surface area (TPSA) is 114 Å². The van der Waals surface area contributed by atoms with Crippen molar-refractivity contribution in [1.29, 1.82) is 0 Å². The smallest absolute Gasteiger partial charge is 0.748 e. The Bertz CT molecular complexity index is 1020. The van der Waals surface area contributed by atoms with Gasteiger partial charge in [0.15, 0.2) is 0 Å². The van der Waals surface area contributed by atoms with Gasteiger partial charge in [-0.15, -0.1) is 22.7 Å². The molecule has 0 amide bonds. The molecule has 0 bridgehead atoms. The van der Waals surface area contributed by atoms with E-state index in [1.54, 1.807) is 22.7 Å². The molecule has 2 aromatic rings. The normalized spacial score (nSPS) is 14.5. The van der Waals surface area contributed by atoms with E-state index in [0.29, 0.717) is 25.7 Å². The van der Waals surface area contributed by atoms with Crippen LogP contribution in [-0.2, 0) is 25.7 Å². The van der Waals surface area contributed by atoms with Crippen molar-refractivity contribution in [3.05, 3.63) is 30.8 Å². The summed E-state index contributed by atoms with van der Waals surface area (Å²) in [5.41, 5.74) is 1.92. The third-order valence-corrected chi connectivity index (χ3v) is 10.2. The van der Waals surface area contributed by atoms with Gasteiger partial charge in [-0.25, -0.2) is 16.8 Å². The molecule has 0 radical (unpaired) electrons. The minimum absolute atomic E-state index is 0. The van der Waals surface area contributed by atoms with Crippen molar-refractivity contribution in [3.63, 3.8) is 0 Å². The number of rotatable bonds is 10. The van der Waals surface area contributed by atoms with Crippen molar-refractivity contribution in [1.82, 2.24) is 0 Å². The van der Waals surface area contributed by atoms with Crippen molar-refractivity contribution >= 4 is 74.8 Å². The van der Waals surface area contributed by atoms with Crippen LogP contribution in [0.25, 0.3) is 9.75 Å². The van der Waals surface area contributed by atoms with Crippen LogP contribution in [0.4, 0.5) is 0 Å². The van der Waals surface area contributed by atoms with Gasteiger partial charge >= 0.3 is 103 Å². The van der Waals surface area contributed by atoms with Crippen LogP contribution in [0.2, 0.25) is 0 Å². The van der Waals surface area contributed by atoms with Crippen LogP contribution < -0.4 is 103 Å². The Morgan fingerprint density at radius 3 is 1.42 bits per heavy atom. The second-order valence-electron chi connectivity index (χ2n) is 7.11. The summed E-state index contributed by atoms with van der Waals surface area (Å²) in [6, 6.07) is 4.16. The molecule has 3 rings (SSSR count). The molecule has 0 atom stereocenters. The van der Waals surface area contributed by atoms with Crippen LogP contribution in [0.1, 0.15) is 49.7 Å². The molecule has 0 aromatic carbocycles. The zero-order valence-electron chi connectivity index (χ0n) is 17.1. The Hall–Kier alpha value is 3.45. The van der Waals surface area contributed by atoms with Crippen molar-refractivity contribution in [3.8, 4) is 9.75 Å². The molecular formula is C17H18Br2K2O6S4. The molecule has 0 saturated heterocycles. The summed E-state index contributed by atoms with van der Waals surface area (Å²) in [4.78, 5) is 2.32. The van der Waals surface area contributed by atoms with Gasteiger partial charge in [-0.1, -0.05) is 12.8 Å². The van der Waals surface area contributed by atoms with Crippen molar-refractivity contribution < 1.29 is 129 Å². The largest absolute Gasteiger partial charge is 1.00 e. The predicted octanol–water partition coefficient (Wildman–Crippen LogP) is -0.960. The molecule has 0 N–H and O–H groups in total. The van der Waals surface area contributed by atoms with Crippen LogP contribution in [-0.4, -0.2) is 37.4 Å². The first-order chi connectivity index (χ1) is 13.4. The number of halogens is 2. The van der Waals surface area contributed by atoms with Gasteiger partial charge in [0.05, 0.1) is 27.8 Å². The standard InChI is InChI=1S/C17H20Br2O6S4.2K/c18-13-9-11-15(26-13)16-12(10-14(19)27-16)17(11,5-1-3-7-28(20,21)22)6-2-4-8-29(23,24)25;;/h9-10H,1-8H2,(H,20,21,22)(H,23,24,25);;/q;2*+1/p-2. The Kier molecular flexibility index (Phi) is 13.9. The number of unbranched alkanes of at least 4 members (excludes halogenated alkanes) is 2. The fraction of sp³-hybridized carbons (Fsp3) is 0.529. The predicted molar refractivity (Wildman–Crippen MR) is 121 cm³/mol. The third-order valence-electron chi connectivity index (χ3n) is 5.14. The minimum atomic E-state index is -4.25. The van der Waals surface area contributed by atoms with Gasteiger partial charge in [0.2, 0.25) is 0 Å². The summed E-state index contributed by atoms with van der Waals surface area (Å²) in [6.45, 7) is 0. The van der Waals surface area contributed by atoms with E-state index >= 15 is 0 Å². The monoisotopic (exact) mass is 682 g/mol. The molecule has 2 heterocycles. The first-order valence-corrected chi connectivity index (χ1v) is 15.3. The summed E-state index contributed by atoms with van der Waals surface area (Å²) in [6.07, 6.45) is 2.98. The molecule has 0 fully saturated rings. The Morgan fingerprint density at radius 1 is 0.742 bits per heavy atom. The second kappa shape index (κ2) is 13.3. The summed E-state index contributed by atoms with van der Waals surface area (Å²) in [5.74, 6) is -0.782. The maximum atomic E-state index is 11.0. The van der Waals surface area contributed by atoms with Gasteiger partial charge in [-0.3, -0.25) is 0 Å². The summed E-state index contributed by atoms with van der Waals surface area (Å²) in [5, 5.41) is 0. The van der Waals surface area contributed by atoms with Gasteiger partial charge in [-0.2, -0.15) is 0 Å². The van der Waals surface area contributed by atoms with Crippen molar-refractivity contribution in [2.24, 2.45) is 0 Å². The molecule has 162 valence electrons. The molecule has 0 saturated carbocycles. The number of hydrogen-bond donors (Lipinski definition) is 0. The summed E-state index contributed by atoms with van der Waals surface area (Å²) < 4.78 is 67.8. The molecule has 0 unspecified atom stereocenters. The number of thiophene rings is 2. The number of fused-ring (bicyclic) bond motifs is 3. The van der Waals surface area contributed by atoms with Crippen molar-refractivity contribution in [2.45, 2.75) is 43.9 Å². The van der Waals surface area contributed by atoms with E-state index in [1.807, 2.05) is 0 Å². The zero-order valence-corrected chi connectivity index (χ0v) is 29.8. The molecule has 1 aliphatic carbocycles. The van der Waals surface area contributed by atoms with E-state index in [1.165, 1.54) is 0 Å². The molecule has 14 heteroatoms.